The van der Waals surface area contributed by atoms with E-state index >= 15 is 0 Å². The van der Waals surface area contributed by atoms with Gasteiger partial charge in [-0.3, -0.25) is 0 Å². The zero-order valence-corrected chi connectivity index (χ0v) is 25.5. The standard InChI is InChI=1S/C38H36N4Si/c1-39(31-18-6-2-7-19-31)35-26-14-15-27-36(35)40(32-20-8-3-9-21-32)30-43-41(33-22-10-4-11-23-33)37-28-16-17-29-38(37)42(43)34-24-12-5-13-25-34/h2-29,35-36,43H,30H2,1H3. The molecule has 1 aliphatic carbocycles. The SMILES string of the molecule is CN(c1ccccc1)C1C=CC=CC1N(C[SiH]1N(c2ccccc2)c2ccccc2N1c1ccccc1)c1ccccc1. The molecule has 5 aromatic rings. The summed E-state index contributed by atoms with van der Waals surface area (Å²) in [6.45, 7) is 0. The van der Waals surface area contributed by atoms with Gasteiger partial charge in [0.2, 0.25) is 0 Å². The number of anilines is 6. The smallest absolute Gasteiger partial charge is 0.276 e. The predicted octanol–water partition coefficient (Wildman–Crippen LogP) is 8.24. The second-order valence-corrected chi connectivity index (χ2v) is 13.4. The number of likely N-dealkylation sites (N-methyl/N-ethyl adjacent to an activating group) is 1. The van der Waals surface area contributed by atoms with Crippen molar-refractivity contribution in [3.8, 4) is 0 Å². The molecule has 0 saturated carbocycles. The molecule has 1 heterocycles. The molecule has 0 aromatic heterocycles. The fourth-order valence-corrected chi connectivity index (χ4v) is 10.0. The van der Waals surface area contributed by atoms with Crippen molar-refractivity contribution >= 4 is 43.2 Å². The van der Waals surface area contributed by atoms with E-state index in [0.717, 1.165) is 6.17 Å². The molecule has 0 bridgehead atoms. The molecule has 0 fully saturated rings. The van der Waals surface area contributed by atoms with Gasteiger partial charge in [-0.2, -0.15) is 0 Å². The first-order chi connectivity index (χ1) is 21.3. The minimum absolute atomic E-state index is 0.143. The molecule has 2 unspecified atom stereocenters. The summed E-state index contributed by atoms with van der Waals surface area (Å²) in [6, 6.07) is 52.8. The van der Waals surface area contributed by atoms with E-state index < -0.39 is 9.12 Å². The molecule has 2 atom stereocenters. The van der Waals surface area contributed by atoms with Crippen molar-refractivity contribution in [2.24, 2.45) is 0 Å². The van der Waals surface area contributed by atoms with Crippen LogP contribution in [-0.4, -0.2) is 34.4 Å². The maximum atomic E-state index is 2.65. The van der Waals surface area contributed by atoms with E-state index in [1.165, 1.54) is 34.1 Å². The van der Waals surface area contributed by atoms with E-state index in [4.69, 9.17) is 0 Å². The highest BCUT2D eigenvalue weighted by Crippen LogP contribution is 2.46. The van der Waals surface area contributed by atoms with Crippen LogP contribution in [0.3, 0.4) is 0 Å². The molecular formula is C38H36N4Si. The summed E-state index contributed by atoms with van der Waals surface area (Å²) in [6.07, 6.45) is 10.0. The molecule has 7 rings (SSSR count). The summed E-state index contributed by atoms with van der Waals surface area (Å²) in [5.41, 5.74) is 7.50. The number of hydrogen-bond acceptors (Lipinski definition) is 4. The van der Waals surface area contributed by atoms with Crippen molar-refractivity contribution in [2.45, 2.75) is 12.1 Å². The summed E-state index contributed by atoms with van der Waals surface area (Å²) in [7, 11) is 0.251. The summed E-state index contributed by atoms with van der Waals surface area (Å²) >= 11 is 0. The Bertz CT molecular complexity index is 1630. The molecule has 43 heavy (non-hydrogen) atoms. The van der Waals surface area contributed by atoms with Gasteiger partial charge in [-0.15, -0.1) is 0 Å². The maximum absolute atomic E-state index is 2.65. The molecule has 2 aliphatic rings. The van der Waals surface area contributed by atoms with Gasteiger partial charge >= 0.3 is 0 Å². The number of nitrogens with zero attached hydrogens (tertiary/aromatic N) is 4. The lowest BCUT2D eigenvalue weighted by molar-refractivity contribution is 0.617. The molecule has 0 saturated heterocycles. The van der Waals surface area contributed by atoms with Crippen molar-refractivity contribution in [2.75, 3.05) is 32.1 Å². The van der Waals surface area contributed by atoms with Crippen molar-refractivity contribution in [1.82, 2.24) is 0 Å². The van der Waals surface area contributed by atoms with Crippen LogP contribution in [0.5, 0.6) is 0 Å². The van der Waals surface area contributed by atoms with E-state index in [-0.39, 0.29) is 12.1 Å². The predicted molar refractivity (Wildman–Crippen MR) is 185 cm³/mol. The van der Waals surface area contributed by atoms with Crippen LogP contribution < -0.4 is 18.9 Å². The topological polar surface area (TPSA) is 13.0 Å². The van der Waals surface area contributed by atoms with Gasteiger partial charge < -0.3 is 18.9 Å². The van der Waals surface area contributed by atoms with Gasteiger partial charge in [-0.1, -0.05) is 109 Å². The van der Waals surface area contributed by atoms with E-state index in [2.05, 4.69) is 196 Å². The van der Waals surface area contributed by atoms with E-state index in [1.54, 1.807) is 0 Å². The highest BCUT2D eigenvalue weighted by atomic mass is 28.3. The number of rotatable bonds is 8. The molecule has 0 spiro atoms. The first kappa shape index (κ1) is 26.9. The van der Waals surface area contributed by atoms with Crippen molar-refractivity contribution in [1.29, 1.82) is 0 Å². The van der Waals surface area contributed by atoms with Crippen molar-refractivity contribution in [3.05, 3.63) is 170 Å². The fraction of sp³-hybridized carbons (Fsp3) is 0.105. The van der Waals surface area contributed by atoms with Gasteiger partial charge in [0.15, 0.2) is 0 Å². The summed E-state index contributed by atoms with van der Waals surface area (Å²) in [5.74, 6) is 0. The van der Waals surface area contributed by atoms with E-state index in [0.29, 0.717) is 0 Å². The van der Waals surface area contributed by atoms with Crippen LogP contribution in [0.2, 0.25) is 0 Å². The Morgan fingerprint density at radius 3 is 1.44 bits per heavy atom. The molecule has 5 aromatic carbocycles. The molecule has 212 valence electrons. The molecule has 4 nitrogen and oxygen atoms in total. The number of benzene rings is 5. The van der Waals surface area contributed by atoms with Crippen LogP contribution in [0.25, 0.3) is 0 Å². The van der Waals surface area contributed by atoms with Crippen LogP contribution in [-0.2, 0) is 0 Å². The Morgan fingerprint density at radius 1 is 0.512 bits per heavy atom. The van der Waals surface area contributed by atoms with Crippen molar-refractivity contribution < 1.29 is 0 Å². The monoisotopic (exact) mass is 576 g/mol. The Labute approximate surface area is 256 Å². The Kier molecular flexibility index (Phi) is 7.55. The maximum Gasteiger partial charge on any atom is 0.276 e. The Hall–Kier alpha value is -5.00. The summed E-state index contributed by atoms with van der Waals surface area (Å²) in [5, 5.41) is 0. The fourth-order valence-electron chi connectivity index (χ4n) is 6.53. The molecule has 0 radical (unpaired) electrons. The second-order valence-electron chi connectivity index (χ2n) is 11.1. The van der Waals surface area contributed by atoms with Gasteiger partial charge in [0.25, 0.3) is 9.12 Å². The largest absolute Gasteiger partial charge is 0.366 e. The molecule has 0 N–H and O–H groups in total. The molecule has 1 aliphatic heterocycles. The molecular weight excluding hydrogens is 541 g/mol. The molecule has 5 heteroatoms. The van der Waals surface area contributed by atoms with Gasteiger partial charge in [0.05, 0.1) is 23.5 Å². The number of fused-ring (bicyclic) bond motifs is 1. The quantitative estimate of drug-likeness (QED) is 0.173. The van der Waals surface area contributed by atoms with Crippen LogP contribution in [0.15, 0.2) is 170 Å². The second kappa shape index (κ2) is 12.1. The Morgan fingerprint density at radius 2 is 0.930 bits per heavy atom. The minimum Gasteiger partial charge on any atom is -0.366 e. The third kappa shape index (κ3) is 5.24. The highest BCUT2D eigenvalue weighted by molar-refractivity contribution is 6.73. The lowest BCUT2D eigenvalue weighted by Crippen LogP contribution is -2.58. The van der Waals surface area contributed by atoms with Crippen LogP contribution in [0.4, 0.5) is 34.1 Å². The lowest BCUT2D eigenvalue weighted by Gasteiger charge is -2.44. The third-order valence-electron chi connectivity index (χ3n) is 8.56. The van der Waals surface area contributed by atoms with Gasteiger partial charge in [0, 0.05) is 36.0 Å². The third-order valence-corrected chi connectivity index (χ3v) is 11.6. The molecule has 0 amide bonds. The summed E-state index contributed by atoms with van der Waals surface area (Å²) < 4.78 is 5.30. The van der Waals surface area contributed by atoms with Gasteiger partial charge in [-0.25, -0.2) is 0 Å². The van der Waals surface area contributed by atoms with E-state index in [9.17, 15) is 0 Å². The first-order valence-electron chi connectivity index (χ1n) is 15.0. The normalized spacial score (nSPS) is 17.6. The number of allylic oxidation sites excluding steroid dienone is 2. The van der Waals surface area contributed by atoms with Gasteiger partial charge in [-0.05, 0) is 60.7 Å². The van der Waals surface area contributed by atoms with E-state index in [1.807, 2.05) is 0 Å². The lowest BCUT2D eigenvalue weighted by atomic mass is 9.99. The van der Waals surface area contributed by atoms with Crippen LogP contribution in [0.1, 0.15) is 0 Å². The zero-order chi connectivity index (χ0) is 29.0. The first-order valence-corrected chi connectivity index (χ1v) is 16.9. The minimum atomic E-state index is -1.97. The Balaban J connectivity index is 1.36. The zero-order valence-electron chi connectivity index (χ0n) is 24.4. The van der Waals surface area contributed by atoms with Crippen molar-refractivity contribution in [3.63, 3.8) is 0 Å². The number of para-hydroxylation sites is 6. The van der Waals surface area contributed by atoms with Gasteiger partial charge in [0.1, 0.15) is 0 Å². The van der Waals surface area contributed by atoms with Crippen LogP contribution in [0, 0.1) is 0 Å². The highest BCUT2D eigenvalue weighted by Gasteiger charge is 2.42. The average molecular weight is 577 g/mol. The number of hydrogen-bond donors (Lipinski definition) is 0. The summed E-state index contributed by atoms with van der Waals surface area (Å²) in [4.78, 5) is 5.06. The average Bonchev–Trinajstić information content (AvgIpc) is 3.42. The van der Waals surface area contributed by atoms with Crippen LogP contribution >= 0.6 is 0 Å².